The molecule has 64 heavy (non-hydrogen) atoms. The summed E-state index contributed by atoms with van der Waals surface area (Å²) in [6.07, 6.45) is 12.1. The van der Waals surface area contributed by atoms with E-state index in [0.29, 0.717) is 63.4 Å². The van der Waals surface area contributed by atoms with Crippen LogP contribution in [0.2, 0.25) is 0 Å². The first kappa shape index (κ1) is 53.2. The molecule has 1 saturated carbocycles. The van der Waals surface area contributed by atoms with Crippen LogP contribution in [0.25, 0.3) is 0 Å². The van der Waals surface area contributed by atoms with Crippen LogP contribution in [0.15, 0.2) is 47.6 Å². The molecule has 0 aromatic rings. The van der Waals surface area contributed by atoms with Crippen molar-refractivity contribution in [2.75, 3.05) is 27.9 Å². The molecular weight excluding hydrogens is 823 g/mol. The molecular formula is C50H77NO13. The lowest BCUT2D eigenvalue weighted by molar-refractivity contribution is -0.265. The number of carboxylic acids is 1. The summed E-state index contributed by atoms with van der Waals surface area (Å²) in [4.78, 5) is 69.7. The first-order valence-corrected chi connectivity index (χ1v) is 23.4. The summed E-state index contributed by atoms with van der Waals surface area (Å²) in [6.45, 7) is 10.8. The number of ketones is 3. The Labute approximate surface area is 380 Å². The van der Waals surface area contributed by atoms with Crippen molar-refractivity contribution < 1.29 is 63.3 Å². The molecule has 0 radical (unpaired) electrons. The Morgan fingerprint density at radius 1 is 0.844 bits per heavy atom. The number of amides is 1. The van der Waals surface area contributed by atoms with E-state index in [-0.39, 0.29) is 60.7 Å². The standard InChI is InChI=1S/C50H77NO13/c1-29-13-11-10-12-14-30(2)42(61-7)28-38-18-15-34(6)50(60,64-38)47(56)48(57)51-22-21-37(27-39(51)49(58)59)36(25-35-16-19-41(53)43(26-35)62-8)17-20-40(52)31(3)24-33(5)45(55)46(63-9)44(54)32(4)23-29/h10-14,24,29,31-32,34-39,41-43,45-46,53,55,60H,15-23,25-28H2,1-9H3,(H,58,59)/b12-10+,13-11+,30-14+,33-24+/t29-,31-,32-,34-,35+,36+,37?,38+,39+,41-,42+,43-,45-,46+,50-/m1/s1. The number of carboxylic acid groups (broad SMARTS) is 1. The van der Waals surface area contributed by atoms with E-state index in [9.17, 15) is 44.4 Å². The lowest BCUT2D eigenvalue weighted by atomic mass is 9.71. The van der Waals surface area contributed by atoms with Gasteiger partial charge in [-0.25, -0.2) is 4.79 Å². The molecule has 1 aliphatic carbocycles. The number of methoxy groups -OCH3 is 3. The fraction of sp³-hybridized carbons (Fsp3) is 0.740. The van der Waals surface area contributed by atoms with Gasteiger partial charge in [0, 0.05) is 58.5 Å². The summed E-state index contributed by atoms with van der Waals surface area (Å²) in [7, 11) is 4.52. The Morgan fingerprint density at radius 2 is 1.56 bits per heavy atom. The Kier molecular flexibility index (Phi) is 20.3. The molecule has 2 saturated heterocycles. The predicted octanol–water partition coefficient (Wildman–Crippen LogP) is 5.95. The van der Waals surface area contributed by atoms with E-state index < -0.39 is 77.8 Å². The van der Waals surface area contributed by atoms with Gasteiger partial charge >= 0.3 is 5.97 Å². The van der Waals surface area contributed by atoms with E-state index >= 15 is 0 Å². The van der Waals surface area contributed by atoms with Crippen LogP contribution >= 0.6 is 0 Å². The van der Waals surface area contributed by atoms with Crippen molar-refractivity contribution in [1.82, 2.24) is 4.90 Å². The Morgan fingerprint density at radius 3 is 2.22 bits per heavy atom. The molecule has 14 nitrogen and oxygen atoms in total. The third-order valence-corrected chi connectivity index (χ3v) is 14.7. The highest BCUT2D eigenvalue weighted by Gasteiger charge is 2.53. The zero-order chi connectivity index (χ0) is 47.5. The van der Waals surface area contributed by atoms with Crippen molar-refractivity contribution in [2.24, 2.45) is 41.4 Å². The van der Waals surface area contributed by atoms with Gasteiger partial charge < -0.3 is 44.3 Å². The fourth-order valence-corrected chi connectivity index (χ4v) is 10.5. The van der Waals surface area contributed by atoms with Crippen LogP contribution in [-0.4, -0.2) is 131 Å². The molecule has 4 heterocycles. The number of ether oxygens (including phenoxy) is 4. The second kappa shape index (κ2) is 24.4. The zero-order valence-corrected chi connectivity index (χ0v) is 39.6. The minimum atomic E-state index is -2.46. The molecule has 5 rings (SSSR count). The van der Waals surface area contributed by atoms with Gasteiger partial charge in [0.25, 0.3) is 11.7 Å². The quantitative estimate of drug-likeness (QED) is 0.180. The van der Waals surface area contributed by atoms with Gasteiger partial charge in [-0.1, -0.05) is 64.2 Å². The minimum absolute atomic E-state index is 0.0285. The van der Waals surface area contributed by atoms with Gasteiger partial charge in [0.2, 0.25) is 5.79 Å². The number of Topliss-reactive ketones (excluding diaryl/α,β-unsaturated/α-hetero) is 3. The third kappa shape index (κ3) is 13.6. The van der Waals surface area contributed by atoms with Gasteiger partial charge in [0.15, 0.2) is 5.78 Å². The molecule has 1 unspecified atom stereocenters. The lowest BCUT2D eigenvalue weighted by Gasteiger charge is -2.44. The maximum atomic E-state index is 14.1. The number of hydrogen-bond acceptors (Lipinski definition) is 12. The number of piperidine rings is 1. The van der Waals surface area contributed by atoms with Crippen LogP contribution in [0.5, 0.6) is 0 Å². The highest BCUT2D eigenvalue weighted by Crippen LogP contribution is 2.41. The molecule has 0 aromatic carbocycles. The number of aliphatic carboxylic acids is 1. The second-order valence-corrected chi connectivity index (χ2v) is 19.4. The van der Waals surface area contributed by atoms with Crippen LogP contribution in [0.1, 0.15) is 119 Å². The Bertz CT molecular complexity index is 1740. The average Bonchev–Trinajstić information content (AvgIpc) is 3.27. The number of aliphatic hydroxyl groups is 3. The van der Waals surface area contributed by atoms with Gasteiger partial charge in [-0.05, 0) is 113 Å². The third-order valence-electron chi connectivity index (χ3n) is 14.7. The van der Waals surface area contributed by atoms with Gasteiger partial charge in [-0.15, -0.1) is 0 Å². The van der Waals surface area contributed by atoms with Crippen LogP contribution < -0.4 is 0 Å². The lowest BCUT2D eigenvalue weighted by Crippen LogP contribution is -2.61. The maximum absolute atomic E-state index is 14.1. The first-order valence-electron chi connectivity index (χ1n) is 23.4. The van der Waals surface area contributed by atoms with E-state index in [1.165, 1.54) is 7.11 Å². The maximum Gasteiger partial charge on any atom is 0.326 e. The molecule has 1 amide bonds. The molecule has 0 spiro atoms. The van der Waals surface area contributed by atoms with Crippen molar-refractivity contribution in [3.8, 4) is 0 Å². The van der Waals surface area contributed by atoms with Crippen LogP contribution in [0, 0.1) is 41.4 Å². The smallest absolute Gasteiger partial charge is 0.326 e. The number of carbonyl (C=O) groups is 5. The molecule has 4 bridgehead atoms. The van der Waals surface area contributed by atoms with Gasteiger partial charge in [0.05, 0.1) is 24.4 Å². The summed E-state index contributed by atoms with van der Waals surface area (Å²) < 4.78 is 23.1. The number of fused-ring (bicyclic) bond motifs is 19. The van der Waals surface area contributed by atoms with E-state index in [1.807, 2.05) is 51.2 Å². The number of hydrogen-bond donors (Lipinski definition) is 4. The van der Waals surface area contributed by atoms with Gasteiger partial charge in [-0.3, -0.25) is 19.2 Å². The Balaban J connectivity index is 1.68. The van der Waals surface area contributed by atoms with Gasteiger partial charge in [-0.2, -0.15) is 0 Å². The zero-order valence-electron chi connectivity index (χ0n) is 39.6. The van der Waals surface area contributed by atoms with E-state index in [4.69, 9.17) is 18.9 Å². The number of allylic oxidation sites excluding steroid dienone is 6. The minimum Gasteiger partial charge on any atom is -0.480 e. The Hall–Kier alpha value is -3.37. The van der Waals surface area contributed by atoms with Crippen LogP contribution in [-0.2, 0) is 42.9 Å². The largest absolute Gasteiger partial charge is 0.480 e. The molecule has 3 fully saturated rings. The summed E-state index contributed by atoms with van der Waals surface area (Å²) in [5, 5.41) is 44.3. The molecule has 360 valence electrons. The second-order valence-electron chi connectivity index (χ2n) is 19.4. The average molecular weight is 900 g/mol. The van der Waals surface area contributed by atoms with Crippen LogP contribution in [0.3, 0.4) is 0 Å². The molecule has 0 aromatic heterocycles. The summed E-state index contributed by atoms with van der Waals surface area (Å²) in [5.74, 6) is -8.30. The molecule has 14 heteroatoms. The van der Waals surface area contributed by atoms with Crippen molar-refractivity contribution in [1.29, 1.82) is 0 Å². The topological polar surface area (TPSA) is 206 Å². The SMILES string of the molecule is CO[C@H]1C[C@@H]2CC[C@@H](C)[C@@](O)(O2)C(=O)C(=O)N2CCC(C[C@H]2C(=O)O)[C@H](C[C@@H]2CC[C@@H](O)[C@H](OC)C2)CCC(=O)[C@H](C)/C=C(\C)[C@@H](O)[C@@H](OC)C(=O)[C@H](C)C[C@H](C)/C=C/C=C/C=C/1C. The van der Waals surface area contributed by atoms with E-state index in [0.717, 1.165) is 16.9 Å². The molecule has 15 atom stereocenters. The summed E-state index contributed by atoms with van der Waals surface area (Å²) >= 11 is 0. The highest BCUT2D eigenvalue weighted by molar-refractivity contribution is 6.39. The fourth-order valence-electron chi connectivity index (χ4n) is 10.5. The van der Waals surface area contributed by atoms with Crippen LogP contribution in [0.4, 0.5) is 0 Å². The molecule has 4 N–H and O–H groups in total. The summed E-state index contributed by atoms with van der Waals surface area (Å²) in [6, 6.07) is -1.35. The summed E-state index contributed by atoms with van der Waals surface area (Å²) in [5.41, 5.74) is 1.31. The van der Waals surface area contributed by atoms with Gasteiger partial charge in [0.1, 0.15) is 24.0 Å². The highest BCUT2D eigenvalue weighted by atomic mass is 16.6. The van der Waals surface area contributed by atoms with E-state index in [2.05, 4.69) is 0 Å². The number of rotatable bonds is 6. The number of nitrogens with zero attached hydrogens (tertiary/aromatic N) is 1. The van der Waals surface area contributed by atoms with Crippen molar-refractivity contribution >= 4 is 29.2 Å². The monoisotopic (exact) mass is 900 g/mol. The number of carbonyl (C=O) groups excluding carboxylic acids is 4. The van der Waals surface area contributed by atoms with E-state index in [1.54, 1.807) is 41.1 Å². The predicted molar refractivity (Wildman–Crippen MR) is 241 cm³/mol. The van der Waals surface area contributed by atoms with Crippen molar-refractivity contribution in [2.45, 2.75) is 167 Å². The molecule has 5 aliphatic rings. The number of aliphatic hydroxyl groups excluding tert-OH is 2. The normalized spacial score (nSPS) is 41.3. The first-order chi connectivity index (χ1) is 30.2. The van der Waals surface area contributed by atoms with Crippen molar-refractivity contribution in [3.63, 3.8) is 0 Å². The molecule has 4 aliphatic heterocycles. The van der Waals surface area contributed by atoms with Crippen molar-refractivity contribution in [3.05, 3.63) is 47.6 Å².